The summed E-state index contributed by atoms with van der Waals surface area (Å²) in [4.78, 5) is 51.6. The largest absolute Gasteiger partial charge is 0.490 e. The van der Waals surface area contributed by atoms with E-state index in [0.717, 1.165) is 60.0 Å². The number of fused-ring (bicyclic) bond motifs is 3. The first-order valence-corrected chi connectivity index (χ1v) is 14.5. The molecule has 0 radical (unpaired) electrons. The molecule has 1 aromatic heterocycles. The van der Waals surface area contributed by atoms with Gasteiger partial charge in [-0.3, -0.25) is 24.1 Å². The number of aromatic amines is 1. The second-order valence-corrected chi connectivity index (χ2v) is 12.0. The summed E-state index contributed by atoms with van der Waals surface area (Å²) in [5.74, 6) is 0.372. The Morgan fingerprint density at radius 3 is 2.71 bits per heavy atom. The molecule has 41 heavy (non-hydrogen) atoms. The Hall–Kier alpha value is -4.32. The van der Waals surface area contributed by atoms with Gasteiger partial charge in [0.25, 0.3) is 11.8 Å². The van der Waals surface area contributed by atoms with Crippen molar-refractivity contribution >= 4 is 34.3 Å². The van der Waals surface area contributed by atoms with E-state index in [4.69, 9.17) is 11.3 Å². The van der Waals surface area contributed by atoms with E-state index in [9.17, 15) is 14.4 Å². The van der Waals surface area contributed by atoms with Crippen LogP contribution in [0.1, 0.15) is 61.0 Å². The molecule has 7 rings (SSSR count). The van der Waals surface area contributed by atoms with Gasteiger partial charge in [-0.15, -0.1) is 0 Å². The standard InChI is InChI=1S/C32H33N5O4/c1-33-28-17-32(22-9-3-4-10-24(22)35-31(32)40)18-37(28)30(39)26(15-19-7-5-8-19)36(2)29(38)25-16-21-23(34-25)11-6-12-27(21)41-20-13-14-20/h3-4,6,9-12,16,19-20,26,28,34H,5,7-8,13-15,17-18H2,2H3,(H,35,40)/t26-,28-,32-/m0/s1. The van der Waals surface area contributed by atoms with Gasteiger partial charge in [0.1, 0.15) is 22.9 Å². The van der Waals surface area contributed by atoms with Crippen molar-refractivity contribution in [1.82, 2.24) is 14.8 Å². The van der Waals surface area contributed by atoms with Gasteiger partial charge in [-0.05, 0) is 55.0 Å². The number of rotatable bonds is 7. The molecule has 2 N–H and O–H groups in total. The molecule has 3 heterocycles. The number of nitrogens with zero attached hydrogens (tertiary/aromatic N) is 3. The van der Waals surface area contributed by atoms with E-state index in [1.165, 1.54) is 4.90 Å². The molecule has 3 aromatic rings. The van der Waals surface area contributed by atoms with Crippen molar-refractivity contribution < 1.29 is 19.1 Å². The van der Waals surface area contributed by atoms with E-state index >= 15 is 0 Å². The lowest BCUT2D eigenvalue weighted by molar-refractivity contribution is -0.137. The van der Waals surface area contributed by atoms with Crippen LogP contribution in [0.25, 0.3) is 15.7 Å². The first-order chi connectivity index (χ1) is 19.9. The minimum absolute atomic E-state index is 0.124. The normalized spacial score (nSPS) is 24.0. The molecule has 0 bridgehead atoms. The van der Waals surface area contributed by atoms with E-state index in [1.807, 2.05) is 48.5 Å². The fourth-order valence-corrected chi connectivity index (χ4v) is 6.66. The summed E-state index contributed by atoms with van der Waals surface area (Å²) >= 11 is 0. The predicted molar refractivity (Wildman–Crippen MR) is 153 cm³/mol. The highest BCUT2D eigenvalue weighted by Gasteiger charge is 2.59. The van der Waals surface area contributed by atoms with Crippen molar-refractivity contribution in [2.75, 3.05) is 18.9 Å². The number of hydrogen-bond acceptors (Lipinski definition) is 4. The lowest BCUT2D eigenvalue weighted by atomic mass is 9.80. The number of H-pyrrole nitrogens is 1. The molecule has 2 aliphatic carbocycles. The fraction of sp³-hybridized carbons (Fsp3) is 0.438. The van der Waals surface area contributed by atoms with Crippen molar-refractivity contribution in [1.29, 1.82) is 0 Å². The molecule has 9 heteroatoms. The maximum atomic E-state index is 14.3. The van der Waals surface area contributed by atoms with Crippen molar-refractivity contribution in [2.45, 2.75) is 68.7 Å². The fourth-order valence-electron chi connectivity index (χ4n) is 6.66. The molecule has 2 aliphatic heterocycles. The van der Waals surface area contributed by atoms with Crippen LogP contribution in [-0.2, 0) is 15.0 Å². The Labute approximate surface area is 238 Å². The third-order valence-electron chi connectivity index (χ3n) is 9.42. The molecule has 3 fully saturated rings. The lowest BCUT2D eigenvalue weighted by Crippen LogP contribution is -2.52. The molecular formula is C32H33N5O4. The summed E-state index contributed by atoms with van der Waals surface area (Å²) in [6.45, 7) is 8.04. The maximum absolute atomic E-state index is 14.3. The Balaban J connectivity index is 1.18. The number of carbonyl (C=O) groups is 3. The molecule has 1 saturated heterocycles. The number of hydrogen-bond donors (Lipinski definition) is 2. The van der Waals surface area contributed by atoms with Gasteiger partial charge in [-0.2, -0.15) is 0 Å². The smallest absolute Gasteiger partial charge is 0.302 e. The summed E-state index contributed by atoms with van der Waals surface area (Å²) in [6, 6.07) is 14.3. The predicted octanol–water partition coefficient (Wildman–Crippen LogP) is 4.71. The zero-order valence-corrected chi connectivity index (χ0v) is 23.1. The van der Waals surface area contributed by atoms with Crippen LogP contribution in [0.4, 0.5) is 5.69 Å². The van der Waals surface area contributed by atoms with Crippen LogP contribution in [-0.4, -0.2) is 64.4 Å². The molecular weight excluding hydrogens is 518 g/mol. The summed E-state index contributed by atoms with van der Waals surface area (Å²) in [6.07, 6.45) is 5.46. The molecule has 3 atom stereocenters. The van der Waals surface area contributed by atoms with Crippen LogP contribution in [0.15, 0.2) is 48.5 Å². The van der Waals surface area contributed by atoms with Gasteiger partial charge >= 0.3 is 6.17 Å². The molecule has 4 aliphatic rings. The molecule has 3 amide bonds. The number of likely N-dealkylation sites (N-methyl/N-ethyl adjacent to an activating group) is 1. The molecule has 1 spiro atoms. The molecule has 210 valence electrons. The first-order valence-electron chi connectivity index (χ1n) is 14.5. The quantitative estimate of drug-likeness (QED) is 0.416. The highest BCUT2D eigenvalue weighted by molar-refractivity contribution is 6.07. The van der Waals surface area contributed by atoms with Gasteiger partial charge in [0.2, 0.25) is 5.91 Å². The van der Waals surface area contributed by atoms with Crippen LogP contribution in [0.5, 0.6) is 5.75 Å². The maximum Gasteiger partial charge on any atom is 0.302 e. The van der Waals surface area contributed by atoms with E-state index in [-0.39, 0.29) is 36.8 Å². The summed E-state index contributed by atoms with van der Waals surface area (Å²) in [7, 11) is 1.67. The van der Waals surface area contributed by atoms with Crippen LogP contribution in [0, 0.1) is 12.5 Å². The third-order valence-corrected chi connectivity index (χ3v) is 9.42. The number of aromatic nitrogens is 1. The summed E-state index contributed by atoms with van der Waals surface area (Å²) in [5.41, 5.74) is 1.81. The van der Waals surface area contributed by atoms with E-state index in [2.05, 4.69) is 15.1 Å². The number of likely N-dealkylation sites (tertiary alicyclic amines) is 1. The average molecular weight is 552 g/mol. The van der Waals surface area contributed by atoms with Crippen LogP contribution in [0.2, 0.25) is 0 Å². The second-order valence-electron chi connectivity index (χ2n) is 12.0. The van der Waals surface area contributed by atoms with Crippen LogP contribution < -0.4 is 10.1 Å². The minimum Gasteiger partial charge on any atom is -0.490 e. The number of benzene rings is 2. The number of para-hydroxylation sites is 1. The van der Waals surface area contributed by atoms with Gasteiger partial charge in [-0.1, -0.05) is 43.5 Å². The van der Waals surface area contributed by atoms with E-state index in [1.54, 1.807) is 11.9 Å². The van der Waals surface area contributed by atoms with E-state index < -0.39 is 17.6 Å². The molecule has 2 aromatic carbocycles. The zero-order chi connectivity index (χ0) is 28.3. The Bertz CT molecular complexity index is 1600. The van der Waals surface area contributed by atoms with Crippen molar-refractivity contribution in [3.63, 3.8) is 0 Å². The Kier molecular flexibility index (Phi) is 6.03. The van der Waals surface area contributed by atoms with Crippen LogP contribution in [0.3, 0.4) is 0 Å². The lowest BCUT2D eigenvalue weighted by Gasteiger charge is -2.35. The molecule has 9 nitrogen and oxygen atoms in total. The SMILES string of the molecule is [C-]#[N+][C@@H]1C[C@@]2(CN1C(=O)[C@H](CC1CCC1)N(C)C(=O)c1cc3c(OC4CC4)cccc3[nH]1)C(=O)Nc1ccccc12. The Morgan fingerprint density at radius 1 is 1.17 bits per heavy atom. The topological polar surface area (TPSA) is 99.1 Å². The molecule has 0 unspecified atom stereocenters. The van der Waals surface area contributed by atoms with Gasteiger partial charge in [0, 0.05) is 30.2 Å². The highest BCUT2D eigenvalue weighted by Crippen LogP contribution is 2.47. The minimum atomic E-state index is -0.958. The second kappa shape index (κ2) is 9.65. The number of anilines is 1. The number of carbonyl (C=O) groups excluding carboxylic acids is 3. The van der Waals surface area contributed by atoms with Gasteiger partial charge in [-0.25, -0.2) is 6.57 Å². The third kappa shape index (κ3) is 4.24. The number of ether oxygens (including phenoxy) is 1. The highest BCUT2D eigenvalue weighted by atomic mass is 16.5. The van der Waals surface area contributed by atoms with Gasteiger partial charge in [0.05, 0.1) is 12.5 Å². The summed E-state index contributed by atoms with van der Waals surface area (Å²) in [5, 5.41) is 3.80. The van der Waals surface area contributed by atoms with Gasteiger partial charge < -0.3 is 19.9 Å². The van der Waals surface area contributed by atoms with E-state index in [0.29, 0.717) is 18.0 Å². The number of amides is 3. The van der Waals surface area contributed by atoms with Crippen LogP contribution >= 0.6 is 0 Å². The first kappa shape index (κ1) is 25.6. The van der Waals surface area contributed by atoms with Crippen molar-refractivity contribution in [3.05, 3.63) is 71.2 Å². The average Bonchev–Trinajstić information content (AvgIpc) is 3.41. The Morgan fingerprint density at radius 2 is 1.98 bits per heavy atom. The van der Waals surface area contributed by atoms with Gasteiger partial charge in [0.15, 0.2) is 0 Å². The number of nitrogens with one attached hydrogen (secondary N) is 2. The monoisotopic (exact) mass is 551 g/mol. The van der Waals surface area contributed by atoms with Crippen molar-refractivity contribution in [3.8, 4) is 5.75 Å². The summed E-state index contributed by atoms with van der Waals surface area (Å²) < 4.78 is 6.06. The zero-order valence-electron chi connectivity index (χ0n) is 23.1. The molecule has 2 saturated carbocycles. The van der Waals surface area contributed by atoms with Crippen molar-refractivity contribution in [2.24, 2.45) is 5.92 Å².